The SMILES string of the molecule is O=C(O)CC1CN(c2cc(F)c(C3CCC(=O)NC3=O)c(F)c2)C1. The van der Waals surface area contributed by atoms with Crippen LogP contribution in [0.3, 0.4) is 0 Å². The molecule has 128 valence electrons. The highest BCUT2D eigenvalue weighted by molar-refractivity contribution is 6.01. The third-order valence-electron chi connectivity index (χ3n) is 4.44. The minimum Gasteiger partial charge on any atom is -0.481 e. The number of imide groups is 1. The van der Waals surface area contributed by atoms with Crippen molar-refractivity contribution in [3.63, 3.8) is 0 Å². The monoisotopic (exact) mass is 338 g/mol. The van der Waals surface area contributed by atoms with E-state index in [4.69, 9.17) is 5.11 Å². The van der Waals surface area contributed by atoms with Crippen LogP contribution < -0.4 is 10.2 Å². The molecule has 2 aliphatic rings. The predicted octanol–water partition coefficient (Wildman–Crippen LogP) is 1.40. The van der Waals surface area contributed by atoms with E-state index >= 15 is 0 Å². The summed E-state index contributed by atoms with van der Waals surface area (Å²) in [5.41, 5.74) is -0.00552. The van der Waals surface area contributed by atoms with Gasteiger partial charge in [-0.05, 0) is 18.6 Å². The molecule has 2 saturated heterocycles. The molecule has 1 aromatic rings. The van der Waals surface area contributed by atoms with Crippen molar-refractivity contribution in [2.75, 3.05) is 18.0 Å². The Bertz CT molecular complexity index is 693. The van der Waals surface area contributed by atoms with Crippen LogP contribution in [-0.2, 0) is 14.4 Å². The molecule has 2 N–H and O–H groups in total. The molecule has 0 aliphatic carbocycles. The molecule has 24 heavy (non-hydrogen) atoms. The highest BCUT2D eigenvalue weighted by atomic mass is 19.1. The first-order valence-electron chi connectivity index (χ1n) is 7.64. The zero-order valence-electron chi connectivity index (χ0n) is 12.7. The fourth-order valence-corrected chi connectivity index (χ4v) is 3.21. The summed E-state index contributed by atoms with van der Waals surface area (Å²) >= 11 is 0. The summed E-state index contributed by atoms with van der Waals surface area (Å²) in [5, 5.41) is 10.8. The van der Waals surface area contributed by atoms with Gasteiger partial charge in [0, 0.05) is 36.7 Å². The number of halogens is 2. The Morgan fingerprint density at radius 2 is 1.88 bits per heavy atom. The zero-order chi connectivity index (χ0) is 17.4. The van der Waals surface area contributed by atoms with E-state index in [1.54, 1.807) is 4.90 Å². The normalized spacial score (nSPS) is 21.4. The largest absolute Gasteiger partial charge is 0.481 e. The number of carboxylic acid groups (broad SMARTS) is 1. The molecular weight excluding hydrogens is 322 g/mol. The van der Waals surface area contributed by atoms with E-state index in [9.17, 15) is 23.2 Å². The summed E-state index contributed by atoms with van der Waals surface area (Å²) in [5.74, 6) is -4.76. The van der Waals surface area contributed by atoms with Crippen LogP contribution in [0.5, 0.6) is 0 Å². The van der Waals surface area contributed by atoms with Crippen molar-refractivity contribution in [1.82, 2.24) is 5.32 Å². The number of anilines is 1. The van der Waals surface area contributed by atoms with Crippen LogP contribution in [0.1, 0.15) is 30.7 Å². The molecule has 1 aromatic carbocycles. The average molecular weight is 338 g/mol. The number of hydrogen-bond donors (Lipinski definition) is 2. The molecule has 0 spiro atoms. The smallest absolute Gasteiger partial charge is 0.303 e. The minimum absolute atomic E-state index is 0.0236. The number of nitrogens with zero attached hydrogens (tertiary/aromatic N) is 1. The fourth-order valence-electron chi connectivity index (χ4n) is 3.21. The van der Waals surface area contributed by atoms with E-state index in [1.807, 2.05) is 0 Å². The molecule has 0 aromatic heterocycles. The number of rotatable bonds is 4. The quantitative estimate of drug-likeness (QED) is 0.811. The van der Waals surface area contributed by atoms with Crippen LogP contribution in [0.2, 0.25) is 0 Å². The van der Waals surface area contributed by atoms with Gasteiger partial charge in [-0.3, -0.25) is 19.7 Å². The van der Waals surface area contributed by atoms with Crippen LogP contribution >= 0.6 is 0 Å². The number of aliphatic carboxylic acids is 1. The van der Waals surface area contributed by atoms with Gasteiger partial charge in [-0.25, -0.2) is 8.78 Å². The summed E-state index contributed by atoms with van der Waals surface area (Å²) in [6.45, 7) is 0.839. The van der Waals surface area contributed by atoms with Crippen molar-refractivity contribution in [2.45, 2.75) is 25.2 Å². The molecule has 6 nitrogen and oxygen atoms in total. The Kier molecular flexibility index (Phi) is 4.21. The molecule has 0 radical (unpaired) electrons. The van der Waals surface area contributed by atoms with Gasteiger partial charge in [0.25, 0.3) is 0 Å². The number of carbonyl (C=O) groups excluding carboxylic acids is 2. The van der Waals surface area contributed by atoms with E-state index in [2.05, 4.69) is 5.32 Å². The Hall–Kier alpha value is -2.51. The van der Waals surface area contributed by atoms with E-state index in [0.717, 1.165) is 12.1 Å². The van der Waals surface area contributed by atoms with Crippen molar-refractivity contribution < 1.29 is 28.3 Å². The summed E-state index contributed by atoms with van der Waals surface area (Å²) in [4.78, 5) is 35.3. The number of nitrogens with one attached hydrogen (secondary N) is 1. The minimum atomic E-state index is -1.02. The zero-order valence-corrected chi connectivity index (χ0v) is 12.7. The molecular formula is C16H16F2N2O4. The second-order valence-electron chi connectivity index (χ2n) is 6.20. The van der Waals surface area contributed by atoms with E-state index in [-0.39, 0.29) is 30.7 Å². The Balaban J connectivity index is 1.76. The maximum absolute atomic E-state index is 14.4. The lowest BCUT2D eigenvalue weighted by atomic mass is 9.89. The van der Waals surface area contributed by atoms with Gasteiger partial charge in [0.2, 0.25) is 11.8 Å². The highest BCUT2D eigenvalue weighted by Crippen LogP contribution is 2.34. The molecule has 0 saturated carbocycles. The third-order valence-corrected chi connectivity index (χ3v) is 4.44. The molecule has 1 unspecified atom stereocenters. The van der Waals surface area contributed by atoms with Crippen molar-refractivity contribution in [2.24, 2.45) is 5.92 Å². The predicted molar refractivity (Wildman–Crippen MR) is 79.4 cm³/mol. The van der Waals surface area contributed by atoms with Gasteiger partial charge in [0.1, 0.15) is 11.6 Å². The summed E-state index contributed by atoms with van der Waals surface area (Å²) in [6, 6.07) is 2.30. The number of amides is 2. The molecule has 0 bridgehead atoms. The molecule has 2 amide bonds. The topological polar surface area (TPSA) is 86.7 Å². The first kappa shape index (κ1) is 16.4. The molecule has 2 aliphatic heterocycles. The van der Waals surface area contributed by atoms with Crippen LogP contribution in [0.15, 0.2) is 12.1 Å². The van der Waals surface area contributed by atoms with E-state index < -0.39 is 35.3 Å². The Morgan fingerprint density at radius 1 is 1.25 bits per heavy atom. The van der Waals surface area contributed by atoms with Crippen molar-refractivity contribution in [3.05, 3.63) is 29.3 Å². The van der Waals surface area contributed by atoms with Gasteiger partial charge < -0.3 is 10.0 Å². The number of hydrogen-bond acceptors (Lipinski definition) is 4. The van der Waals surface area contributed by atoms with Crippen LogP contribution in [-0.4, -0.2) is 36.0 Å². The van der Waals surface area contributed by atoms with Crippen molar-refractivity contribution >= 4 is 23.5 Å². The van der Waals surface area contributed by atoms with Gasteiger partial charge in [0.15, 0.2) is 0 Å². The van der Waals surface area contributed by atoms with E-state index in [1.165, 1.54) is 0 Å². The summed E-state index contributed by atoms with van der Waals surface area (Å²) in [6.07, 6.45) is 0.137. The number of piperidine rings is 1. The lowest BCUT2D eigenvalue weighted by molar-refractivity contribution is -0.138. The van der Waals surface area contributed by atoms with Gasteiger partial charge in [-0.15, -0.1) is 0 Å². The second kappa shape index (κ2) is 6.18. The molecule has 1 atom stereocenters. The number of benzene rings is 1. The van der Waals surface area contributed by atoms with Gasteiger partial charge in [-0.2, -0.15) is 0 Å². The standard InChI is InChI=1S/C16H16F2N2O4/c17-11-4-9(20-6-8(7-20)3-14(22)23)5-12(18)15(11)10-1-2-13(21)19-16(10)24/h4-5,8,10H,1-3,6-7H2,(H,22,23)(H,19,21,24). The van der Waals surface area contributed by atoms with Gasteiger partial charge in [-0.1, -0.05) is 0 Å². The highest BCUT2D eigenvalue weighted by Gasteiger charge is 2.34. The summed E-state index contributed by atoms with van der Waals surface area (Å²) < 4.78 is 28.7. The summed E-state index contributed by atoms with van der Waals surface area (Å²) in [7, 11) is 0. The fraction of sp³-hybridized carbons (Fsp3) is 0.438. The van der Waals surface area contributed by atoms with Crippen molar-refractivity contribution in [1.29, 1.82) is 0 Å². The number of carboxylic acids is 1. The second-order valence-corrected chi connectivity index (χ2v) is 6.20. The first-order valence-corrected chi connectivity index (χ1v) is 7.64. The van der Waals surface area contributed by atoms with Crippen molar-refractivity contribution in [3.8, 4) is 0 Å². The van der Waals surface area contributed by atoms with Crippen LogP contribution in [0.4, 0.5) is 14.5 Å². The molecule has 8 heteroatoms. The van der Waals surface area contributed by atoms with Gasteiger partial charge >= 0.3 is 5.97 Å². The lowest BCUT2D eigenvalue weighted by Crippen LogP contribution is -2.47. The Labute approximate surface area is 136 Å². The number of carbonyl (C=O) groups is 3. The third kappa shape index (κ3) is 3.08. The van der Waals surface area contributed by atoms with Crippen LogP contribution in [0.25, 0.3) is 0 Å². The first-order chi connectivity index (χ1) is 11.3. The maximum atomic E-state index is 14.4. The van der Waals surface area contributed by atoms with Gasteiger partial charge in [0.05, 0.1) is 12.3 Å². The molecule has 2 fully saturated rings. The maximum Gasteiger partial charge on any atom is 0.303 e. The van der Waals surface area contributed by atoms with E-state index in [0.29, 0.717) is 18.8 Å². The average Bonchev–Trinajstić information content (AvgIpc) is 2.43. The Morgan fingerprint density at radius 3 is 2.42 bits per heavy atom. The molecule has 2 heterocycles. The van der Waals surface area contributed by atoms with Crippen LogP contribution in [0, 0.1) is 17.6 Å². The molecule has 3 rings (SSSR count). The lowest BCUT2D eigenvalue weighted by Gasteiger charge is -2.40.